The molecule has 2 aliphatic rings. The smallest absolute Gasteiger partial charge is 0.152 e. The van der Waals surface area contributed by atoms with Crippen LogP contribution in [0, 0.1) is 0 Å². The molecule has 0 aromatic heterocycles. The average molecular weight is 241 g/mol. The summed E-state index contributed by atoms with van der Waals surface area (Å²) in [6.45, 7) is 11.7. The van der Waals surface area contributed by atoms with Gasteiger partial charge in [0.15, 0.2) is 6.10 Å². The van der Waals surface area contributed by atoms with E-state index in [1.807, 2.05) is 0 Å². The Morgan fingerprint density at radius 1 is 1.24 bits per heavy atom. The van der Waals surface area contributed by atoms with Crippen molar-refractivity contribution in [2.45, 2.75) is 51.7 Å². The molecule has 2 aliphatic heterocycles. The van der Waals surface area contributed by atoms with E-state index < -0.39 is 0 Å². The second-order valence-corrected chi connectivity index (χ2v) is 6.05. The lowest BCUT2D eigenvalue weighted by atomic mass is 10.0. The maximum Gasteiger partial charge on any atom is 0.152 e. The summed E-state index contributed by atoms with van der Waals surface area (Å²) in [6.07, 6.45) is 5.34. The zero-order chi connectivity index (χ0) is 12.3. The Balaban J connectivity index is 1.77. The summed E-state index contributed by atoms with van der Waals surface area (Å²) in [4.78, 5) is 2.70. The molecular formula is C14H29N2O+. The molecule has 3 heteroatoms. The van der Waals surface area contributed by atoms with E-state index in [0.717, 1.165) is 19.1 Å². The van der Waals surface area contributed by atoms with Gasteiger partial charge >= 0.3 is 0 Å². The first-order chi connectivity index (χ1) is 8.19. The molecule has 1 atom stereocenters. The second-order valence-electron chi connectivity index (χ2n) is 6.05. The number of hydrogen-bond acceptors (Lipinski definition) is 2. The Bertz CT molecular complexity index is 228. The molecule has 0 saturated carbocycles. The van der Waals surface area contributed by atoms with Crippen LogP contribution < -0.4 is 0 Å². The van der Waals surface area contributed by atoms with Crippen molar-refractivity contribution in [3.05, 3.63) is 0 Å². The molecule has 2 fully saturated rings. The molecule has 0 aromatic rings. The number of quaternary nitrogens is 1. The van der Waals surface area contributed by atoms with Gasteiger partial charge in [0, 0.05) is 19.1 Å². The third-order valence-corrected chi connectivity index (χ3v) is 4.80. The minimum Gasteiger partial charge on any atom is -0.382 e. The van der Waals surface area contributed by atoms with E-state index >= 15 is 0 Å². The van der Waals surface area contributed by atoms with Crippen LogP contribution in [0.5, 0.6) is 0 Å². The average Bonchev–Trinajstić information content (AvgIpc) is 2.30. The molecule has 3 nitrogen and oxygen atoms in total. The largest absolute Gasteiger partial charge is 0.382 e. The van der Waals surface area contributed by atoms with E-state index in [9.17, 15) is 5.11 Å². The van der Waals surface area contributed by atoms with E-state index in [1.54, 1.807) is 0 Å². The van der Waals surface area contributed by atoms with Crippen molar-refractivity contribution >= 4 is 0 Å². The third kappa shape index (κ3) is 3.01. The fraction of sp³-hybridized carbons (Fsp3) is 1.00. The van der Waals surface area contributed by atoms with E-state index in [0.29, 0.717) is 0 Å². The fourth-order valence-electron chi connectivity index (χ4n) is 3.56. The van der Waals surface area contributed by atoms with Crippen molar-refractivity contribution in [3.63, 3.8) is 0 Å². The highest BCUT2D eigenvalue weighted by Crippen LogP contribution is 2.25. The molecule has 1 unspecified atom stereocenters. The summed E-state index contributed by atoms with van der Waals surface area (Å²) in [5.41, 5.74) is 0. The summed E-state index contributed by atoms with van der Waals surface area (Å²) in [6, 6.07) is 0.807. The van der Waals surface area contributed by atoms with Crippen LogP contribution in [0.3, 0.4) is 0 Å². The first-order valence-electron chi connectivity index (χ1n) is 7.46. The summed E-state index contributed by atoms with van der Waals surface area (Å²) in [5, 5.41) is 9.47. The monoisotopic (exact) mass is 241 g/mol. The predicted octanol–water partition coefficient (Wildman–Crippen LogP) is 1.46. The lowest BCUT2D eigenvalue weighted by molar-refractivity contribution is -0.975. The van der Waals surface area contributed by atoms with Crippen LogP contribution in [0.1, 0.15) is 39.5 Å². The normalized spacial score (nSPS) is 27.0. The molecule has 2 heterocycles. The molecule has 0 bridgehead atoms. The maximum absolute atomic E-state index is 9.47. The van der Waals surface area contributed by atoms with Gasteiger partial charge in [0.2, 0.25) is 0 Å². The van der Waals surface area contributed by atoms with Crippen LogP contribution in [-0.4, -0.2) is 65.9 Å². The molecular weight excluding hydrogens is 212 g/mol. The topological polar surface area (TPSA) is 23.5 Å². The molecule has 0 amide bonds. The highest BCUT2D eigenvalue weighted by atomic mass is 16.3. The summed E-state index contributed by atoms with van der Waals surface area (Å²) in [5.74, 6) is 0. The van der Waals surface area contributed by atoms with Crippen molar-refractivity contribution in [1.29, 1.82) is 0 Å². The van der Waals surface area contributed by atoms with Gasteiger partial charge in [-0.15, -0.1) is 0 Å². The number of piperazine rings is 1. The summed E-state index contributed by atoms with van der Waals surface area (Å²) >= 11 is 0. The van der Waals surface area contributed by atoms with Crippen LogP contribution in [-0.2, 0) is 0 Å². The van der Waals surface area contributed by atoms with Crippen molar-refractivity contribution in [3.8, 4) is 0 Å². The maximum atomic E-state index is 9.47. The summed E-state index contributed by atoms with van der Waals surface area (Å²) in [7, 11) is 0. The molecule has 0 aliphatic carbocycles. The van der Waals surface area contributed by atoms with Crippen molar-refractivity contribution in [2.24, 2.45) is 0 Å². The van der Waals surface area contributed by atoms with Gasteiger partial charge in [-0.3, -0.25) is 4.90 Å². The van der Waals surface area contributed by atoms with Crippen molar-refractivity contribution in [1.82, 2.24) is 4.90 Å². The fourth-order valence-corrected chi connectivity index (χ4v) is 3.56. The quantitative estimate of drug-likeness (QED) is 0.737. The van der Waals surface area contributed by atoms with Crippen LogP contribution in [0.25, 0.3) is 0 Å². The molecule has 0 radical (unpaired) electrons. The van der Waals surface area contributed by atoms with E-state index in [-0.39, 0.29) is 6.10 Å². The Labute approximate surface area is 106 Å². The molecule has 0 aromatic carbocycles. The highest BCUT2D eigenvalue weighted by molar-refractivity contribution is 4.77. The number of unbranched alkanes of at least 4 members (excludes halogenated alkanes) is 1. The van der Waals surface area contributed by atoms with E-state index in [1.165, 1.54) is 56.3 Å². The molecule has 1 spiro atoms. The third-order valence-electron chi connectivity index (χ3n) is 4.80. The van der Waals surface area contributed by atoms with Gasteiger partial charge < -0.3 is 9.59 Å². The molecule has 17 heavy (non-hydrogen) atoms. The number of hydrogen-bond donors (Lipinski definition) is 1. The molecule has 2 saturated heterocycles. The first kappa shape index (κ1) is 13.3. The van der Waals surface area contributed by atoms with Gasteiger partial charge in [-0.25, -0.2) is 0 Å². The van der Waals surface area contributed by atoms with Gasteiger partial charge in [0.05, 0.1) is 13.1 Å². The number of aliphatic hydroxyl groups excluding tert-OH is 1. The van der Waals surface area contributed by atoms with Crippen LogP contribution >= 0.6 is 0 Å². The lowest BCUT2D eigenvalue weighted by Crippen LogP contribution is -2.72. The van der Waals surface area contributed by atoms with Gasteiger partial charge in [0.25, 0.3) is 0 Å². The number of nitrogens with zero attached hydrogens (tertiary/aromatic N) is 2. The van der Waals surface area contributed by atoms with Gasteiger partial charge in [-0.05, 0) is 12.8 Å². The van der Waals surface area contributed by atoms with E-state index in [4.69, 9.17) is 0 Å². The van der Waals surface area contributed by atoms with Gasteiger partial charge in [0.1, 0.15) is 13.1 Å². The number of aliphatic hydroxyl groups is 1. The van der Waals surface area contributed by atoms with Crippen LogP contribution in [0.2, 0.25) is 0 Å². The zero-order valence-electron chi connectivity index (χ0n) is 11.6. The Hall–Kier alpha value is -0.120. The predicted molar refractivity (Wildman–Crippen MR) is 70.9 cm³/mol. The minimum atomic E-state index is -0.0105. The Kier molecular flexibility index (Phi) is 4.45. The zero-order valence-corrected chi connectivity index (χ0v) is 11.6. The standard InChI is InChI=1S/C14H29N2O/c1-3-5-6-13(4-2)15-7-9-16(10-8-15)11-14(17)12-16/h13-14,17H,3-12H2,1-2H3/q+1. The second kappa shape index (κ2) is 5.68. The van der Waals surface area contributed by atoms with Crippen LogP contribution in [0.15, 0.2) is 0 Å². The minimum absolute atomic E-state index is 0.0105. The Morgan fingerprint density at radius 2 is 1.88 bits per heavy atom. The van der Waals surface area contributed by atoms with Gasteiger partial charge in [-0.2, -0.15) is 0 Å². The number of rotatable bonds is 5. The summed E-state index contributed by atoms with van der Waals surface area (Å²) < 4.78 is 1.20. The molecule has 1 N–H and O–H groups in total. The van der Waals surface area contributed by atoms with Gasteiger partial charge in [-0.1, -0.05) is 26.7 Å². The first-order valence-corrected chi connectivity index (χ1v) is 7.46. The SMILES string of the molecule is CCCCC(CC)N1CC[N+]2(CC1)CC(O)C2. The van der Waals surface area contributed by atoms with Crippen LogP contribution in [0.4, 0.5) is 0 Å². The van der Waals surface area contributed by atoms with E-state index in [2.05, 4.69) is 18.7 Å². The van der Waals surface area contributed by atoms with Crippen molar-refractivity contribution < 1.29 is 9.59 Å². The highest BCUT2D eigenvalue weighted by Gasteiger charge is 2.45. The Morgan fingerprint density at radius 3 is 2.35 bits per heavy atom. The lowest BCUT2D eigenvalue weighted by Gasteiger charge is -2.53. The van der Waals surface area contributed by atoms with Crippen molar-refractivity contribution in [2.75, 3.05) is 39.3 Å². The molecule has 100 valence electrons. The molecule has 2 rings (SSSR count).